The summed E-state index contributed by atoms with van der Waals surface area (Å²) in [5.74, 6) is -0.637. The molecule has 0 radical (unpaired) electrons. The van der Waals surface area contributed by atoms with Gasteiger partial charge in [-0.1, -0.05) is 38.1 Å². The molecule has 1 atom stereocenters. The van der Waals surface area contributed by atoms with E-state index in [1.54, 1.807) is 16.7 Å². The van der Waals surface area contributed by atoms with Crippen LogP contribution in [0.15, 0.2) is 53.3 Å². The van der Waals surface area contributed by atoms with Gasteiger partial charge in [-0.05, 0) is 42.2 Å². The standard InChI is InChI=1S/C21H24FN3O2/c1-14(2)19(15-8-10-16(22)11-9-15)20(26)23-12-5-13-25-18-7-4-3-6-17(18)24-21(25)27/h3-4,6-11,14,19H,5,12-13H2,1-2H3,(H,23,26)(H,24,27). The first-order valence-electron chi connectivity index (χ1n) is 9.18. The van der Waals surface area contributed by atoms with Crippen molar-refractivity contribution < 1.29 is 9.18 Å². The van der Waals surface area contributed by atoms with Crippen LogP contribution in [0.25, 0.3) is 11.0 Å². The van der Waals surface area contributed by atoms with E-state index in [0.29, 0.717) is 19.5 Å². The fraction of sp³-hybridized carbons (Fsp3) is 0.333. The van der Waals surface area contributed by atoms with E-state index in [-0.39, 0.29) is 29.2 Å². The van der Waals surface area contributed by atoms with Crippen molar-refractivity contribution in [3.05, 3.63) is 70.4 Å². The number of hydrogen-bond acceptors (Lipinski definition) is 2. The Hall–Kier alpha value is -2.89. The summed E-state index contributed by atoms with van der Waals surface area (Å²) in [6.07, 6.45) is 0.641. The van der Waals surface area contributed by atoms with Crippen molar-refractivity contribution >= 4 is 16.9 Å². The maximum atomic E-state index is 13.1. The molecule has 5 nitrogen and oxygen atoms in total. The molecule has 2 N–H and O–H groups in total. The predicted octanol–water partition coefficient (Wildman–Crippen LogP) is 3.41. The Kier molecular flexibility index (Phi) is 5.74. The largest absolute Gasteiger partial charge is 0.355 e. The Morgan fingerprint density at radius 3 is 2.56 bits per heavy atom. The number of halogens is 1. The molecule has 0 saturated heterocycles. The Morgan fingerprint density at radius 1 is 1.15 bits per heavy atom. The van der Waals surface area contributed by atoms with Crippen LogP contribution in [-0.2, 0) is 11.3 Å². The van der Waals surface area contributed by atoms with Crippen LogP contribution in [0, 0.1) is 11.7 Å². The monoisotopic (exact) mass is 369 g/mol. The van der Waals surface area contributed by atoms with Gasteiger partial charge in [0.2, 0.25) is 5.91 Å². The summed E-state index contributed by atoms with van der Waals surface area (Å²) in [6.45, 7) is 4.93. The number of nitrogens with zero attached hydrogens (tertiary/aromatic N) is 1. The molecule has 1 aromatic heterocycles. The number of para-hydroxylation sites is 2. The Balaban J connectivity index is 1.60. The molecule has 0 saturated carbocycles. The van der Waals surface area contributed by atoms with Crippen LogP contribution < -0.4 is 11.0 Å². The molecule has 0 aliphatic carbocycles. The van der Waals surface area contributed by atoms with Gasteiger partial charge >= 0.3 is 5.69 Å². The van der Waals surface area contributed by atoms with E-state index in [2.05, 4.69) is 10.3 Å². The number of hydrogen-bond donors (Lipinski definition) is 2. The zero-order valence-corrected chi connectivity index (χ0v) is 15.5. The lowest BCUT2D eigenvalue weighted by Gasteiger charge is -2.21. The zero-order chi connectivity index (χ0) is 19.4. The second-order valence-electron chi connectivity index (χ2n) is 7.02. The second-order valence-corrected chi connectivity index (χ2v) is 7.02. The van der Waals surface area contributed by atoms with E-state index in [1.807, 2.05) is 38.1 Å². The SMILES string of the molecule is CC(C)C(C(=O)NCCCn1c(=O)[nH]c2ccccc21)c1ccc(F)cc1. The molecule has 2 aromatic carbocycles. The first kappa shape index (κ1) is 18.9. The summed E-state index contributed by atoms with van der Waals surface area (Å²) in [4.78, 5) is 27.5. The summed E-state index contributed by atoms with van der Waals surface area (Å²) in [5.41, 5.74) is 2.33. The smallest absolute Gasteiger partial charge is 0.326 e. The van der Waals surface area contributed by atoms with Crippen LogP contribution in [0.3, 0.4) is 0 Å². The fourth-order valence-electron chi connectivity index (χ4n) is 3.40. The van der Waals surface area contributed by atoms with Crippen molar-refractivity contribution in [3.63, 3.8) is 0 Å². The van der Waals surface area contributed by atoms with Crippen LogP contribution in [0.4, 0.5) is 4.39 Å². The molecule has 0 spiro atoms. The van der Waals surface area contributed by atoms with E-state index in [9.17, 15) is 14.0 Å². The van der Waals surface area contributed by atoms with Crippen LogP contribution in [0.5, 0.6) is 0 Å². The lowest BCUT2D eigenvalue weighted by molar-refractivity contribution is -0.123. The van der Waals surface area contributed by atoms with Gasteiger partial charge in [0.25, 0.3) is 0 Å². The van der Waals surface area contributed by atoms with Gasteiger partial charge in [-0.2, -0.15) is 0 Å². The lowest BCUT2D eigenvalue weighted by Crippen LogP contribution is -2.33. The Bertz CT molecular complexity index is 973. The van der Waals surface area contributed by atoms with Crippen LogP contribution in [0.2, 0.25) is 0 Å². The summed E-state index contributed by atoms with van der Waals surface area (Å²) < 4.78 is 14.8. The molecule has 0 aliphatic heterocycles. The zero-order valence-electron chi connectivity index (χ0n) is 15.5. The number of carbonyl (C=O) groups is 1. The second kappa shape index (κ2) is 8.20. The first-order valence-corrected chi connectivity index (χ1v) is 9.18. The van der Waals surface area contributed by atoms with Gasteiger partial charge < -0.3 is 10.3 Å². The predicted molar refractivity (Wildman–Crippen MR) is 104 cm³/mol. The van der Waals surface area contributed by atoms with E-state index >= 15 is 0 Å². The molecule has 1 unspecified atom stereocenters. The third-order valence-electron chi connectivity index (χ3n) is 4.72. The van der Waals surface area contributed by atoms with E-state index in [1.165, 1.54) is 12.1 Å². The van der Waals surface area contributed by atoms with Gasteiger partial charge in [0, 0.05) is 13.1 Å². The fourth-order valence-corrected chi connectivity index (χ4v) is 3.40. The van der Waals surface area contributed by atoms with E-state index < -0.39 is 0 Å². The molecular formula is C21H24FN3O2. The average Bonchev–Trinajstić information content (AvgIpc) is 2.95. The third-order valence-corrected chi connectivity index (χ3v) is 4.72. The number of aromatic amines is 1. The van der Waals surface area contributed by atoms with E-state index in [4.69, 9.17) is 0 Å². The van der Waals surface area contributed by atoms with Crippen LogP contribution in [-0.4, -0.2) is 22.0 Å². The number of nitrogens with one attached hydrogen (secondary N) is 2. The van der Waals surface area contributed by atoms with Crippen molar-refractivity contribution in [2.75, 3.05) is 6.54 Å². The van der Waals surface area contributed by atoms with Gasteiger partial charge in [0.05, 0.1) is 17.0 Å². The highest BCUT2D eigenvalue weighted by atomic mass is 19.1. The lowest BCUT2D eigenvalue weighted by atomic mass is 9.87. The summed E-state index contributed by atoms with van der Waals surface area (Å²) >= 11 is 0. The molecule has 1 amide bonds. The number of aryl methyl sites for hydroxylation is 1. The topological polar surface area (TPSA) is 66.9 Å². The molecule has 0 bridgehead atoms. The van der Waals surface area contributed by atoms with Crippen molar-refractivity contribution in [2.24, 2.45) is 5.92 Å². The van der Waals surface area contributed by atoms with Gasteiger partial charge in [0.15, 0.2) is 0 Å². The minimum Gasteiger partial charge on any atom is -0.355 e. The third kappa shape index (κ3) is 4.27. The number of fused-ring (bicyclic) bond motifs is 1. The van der Waals surface area contributed by atoms with Crippen LogP contribution >= 0.6 is 0 Å². The highest BCUT2D eigenvalue weighted by Gasteiger charge is 2.23. The molecule has 3 aromatic rings. The minimum absolute atomic E-state index is 0.0807. The molecule has 142 valence electrons. The summed E-state index contributed by atoms with van der Waals surface area (Å²) in [7, 11) is 0. The number of rotatable bonds is 7. The number of aromatic nitrogens is 2. The van der Waals surface area contributed by atoms with Crippen molar-refractivity contribution in [2.45, 2.75) is 32.7 Å². The van der Waals surface area contributed by atoms with Crippen molar-refractivity contribution in [1.29, 1.82) is 0 Å². The minimum atomic E-state index is -0.332. The number of carbonyl (C=O) groups excluding carboxylic acids is 1. The maximum Gasteiger partial charge on any atom is 0.326 e. The van der Waals surface area contributed by atoms with Gasteiger partial charge in [-0.3, -0.25) is 9.36 Å². The number of benzene rings is 2. The number of amides is 1. The molecular weight excluding hydrogens is 345 g/mol. The maximum absolute atomic E-state index is 13.1. The molecule has 1 heterocycles. The van der Waals surface area contributed by atoms with Crippen molar-refractivity contribution in [1.82, 2.24) is 14.9 Å². The van der Waals surface area contributed by atoms with E-state index in [0.717, 1.165) is 16.6 Å². The summed E-state index contributed by atoms with van der Waals surface area (Å²) in [6, 6.07) is 13.6. The number of imidazole rings is 1. The average molecular weight is 369 g/mol. The molecule has 6 heteroatoms. The highest BCUT2D eigenvalue weighted by molar-refractivity contribution is 5.83. The quantitative estimate of drug-likeness (QED) is 0.627. The number of H-pyrrole nitrogens is 1. The first-order chi connectivity index (χ1) is 13.0. The Morgan fingerprint density at radius 2 is 1.85 bits per heavy atom. The molecule has 0 aliphatic rings. The van der Waals surface area contributed by atoms with Crippen molar-refractivity contribution in [3.8, 4) is 0 Å². The summed E-state index contributed by atoms with van der Waals surface area (Å²) in [5, 5.41) is 2.95. The molecule has 0 fully saturated rings. The molecule has 3 rings (SSSR count). The van der Waals surface area contributed by atoms with Crippen LogP contribution in [0.1, 0.15) is 31.7 Å². The van der Waals surface area contributed by atoms with Gasteiger partial charge in [0.1, 0.15) is 5.82 Å². The molecule has 27 heavy (non-hydrogen) atoms. The van der Waals surface area contributed by atoms with Gasteiger partial charge in [-0.15, -0.1) is 0 Å². The van der Waals surface area contributed by atoms with Gasteiger partial charge in [-0.25, -0.2) is 9.18 Å². The Labute approximate surface area is 157 Å². The highest BCUT2D eigenvalue weighted by Crippen LogP contribution is 2.24. The normalized spacial score (nSPS) is 12.4.